The Labute approximate surface area is 64.9 Å². The molecule has 1 N–H and O–H groups in total. The van der Waals surface area contributed by atoms with Gasteiger partial charge in [0.1, 0.15) is 0 Å². The molecule has 0 heterocycles. The molecule has 0 fully saturated rings. The third-order valence-electron chi connectivity index (χ3n) is 0. The normalized spacial score (nSPS) is 3.00. The van der Waals surface area contributed by atoms with Gasteiger partial charge in [-0.2, -0.15) is 20.8 Å². The molecule has 0 spiro atoms. The van der Waals surface area contributed by atoms with Crippen LogP contribution in [0.2, 0.25) is 0 Å². The first-order valence-corrected chi connectivity index (χ1v) is 3.06. The van der Waals surface area contributed by atoms with Crippen molar-refractivity contribution in [1.29, 1.82) is 3.99 Å². The molecule has 0 unspecified atom stereocenters. The molecule has 0 bridgehead atoms. The van der Waals surface area contributed by atoms with Crippen molar-refractivity contribution in [1.82, 2.24) is 0 Å². The van der Waals surface area contributed by atoms with Crippen LogP contribution in [-0.4, -0.2) is 0 Å². The molecule has 2 heteroatoms. The van der Waals surface area contributed by atoms with E-state index in [1.54, 1.807) is 20.8 Å². The monoisotopic (exact) mass is 208 g/mol. The molecule has 0 rings (SSSR count). The fourth-order valence-electron chi connectivity index (χ4n) is 0. The number of hydrogen-bond donors (Lipinski definition) is 1. The Bertz CT molecular complexity index is 8.49. The maximum absolute atomic E-state index is 5.60. The summed E-state index contributed by atoms with van der Waals surface area (Å²) in [6.07, 6.45) is 0. The van der Waals surface area contributed by atoms with E-state index in [0.29, 0.717) is 0 Å². The topological polar surface area (TPSA) is 23.9 Å². The zero-order valence-electron chi connectivity index (χ0n) is 5.94. The van der Waals surface area contributed by atoms with Gasteiger partial charge in [-0.1, -0.05) is 0 Å². The van der Waals surface area contributed by atoms with Crippen molar-refractivity contribution in [3.05, 3.63) is 20.8 Å². The SMILES string of the molecule is [CH2-]C.[CH2-]C.[CH2-]C.[NH]=[Pd]. The zero-order valence-corrected chi connectivity index (χ0v) is 7.49. The predicted octanol–water partition coefficient (Wildman–Crippen LogP) is 2.82. The van der Waals surface area contributed by atoms with Gasteiger partial charge in [0.25, 0.3) is 0 Å². The Morgan fingerprint density at radius 3 is 0.750 bits per heavy atom. The molecule has 0 amide bonds. The van der Waals surface area contributed by atoms with Crippen LogP contribution in [0.5, 0.6) is 0 Å². The molecule has 1 nitrogen and oxygen atoms in total. The summed E-state index contributed by atoms with van der Waals surface area (Å²) < 4.78 is 5.60. The van der Waals surface area contributed by atoms with E-state index in [4.69, 9.17) is 3.99 Å². The number of hydrogen-bond acceptors (Lipinski definition) is 1. The van der Waals surface area contributed by atoms with Crippen molar-refractivity contribution in [3.8, 4) is 0 Å². The van der Waals surface area contributed by atoms with Gasteiger partial charge in [0.05, 0.1) is 0 Å². The van der Waals surface area contributed by atoms with E-state index in [9.17, 15) is 0 Å². The van der Waals surface area contributed by atoms with Gasteiger partial charge in [-0.3, -0.25) is 0 Å². The summed E-state index contributed by atoms with van der Waals surface area (Å²) in [6, 6.07) is 0. The third kappa shape index (κ3) is 902. The van der Waals surface area contributed by atoms with Crippen LogP contribution in [0, 0.1) is 24.8 Å². The molecule has 58 valence electrons. The van der Waals surface area contributed by atoms with Gasteiger partial charge in [-0.25, -0.2) is 0 Å². The van der Waals surface area contributed by atoms with Crippen molar-refractivity contribution in [3.63, 3.8) is 0 Å². The second-order valence-electron chi connectivity index (χ2n) is 0. The van der Waals surface area contributed by atoms with Crippen LogP contribution in [0.4, 0.5) is 0 Å². The van der Waals surface area contributed by atoms with E-state index < -0.39 is 0 Å². The van der Waals surface area contributed by atoms with Crippen molar-refractivity contribution >= 4 is 0 Å². The number of nitrogens with one attached hydrogen (secondary N) is 1. The van der Waals surface area contributed by atoms with Crippen LogP contribution in [-0.2, 0) is 19.0 Å². The maximum atomic E-state index is 5.60. The molecular weight excluding hydrogens is 192 g/mol. The first-order valence-electron chi connectivity index (χ1n) is 2.28. The summed E-state index contributed by atoms with van der Waals surface area (Å²) in [4.78, 5) is 0. The number of rotatable bonds is 0. The molecule has 0 aliphatic heterocycles. The minimum absolute atomic E-state index is 1.75. The van der Waals surface area contributed by atoms with E-state index in [1.165, 1.54) is 0 Å². The average molecular weight is 209 g/mol. The molecule has 8 heavy (non-hydrogen) atoms. The van der Waals surface area contributed by atoms with E-state index in [1.807, 2.05) is 19.0 Å². The Morgan fingerprint density at radius 2 is 0.750 bits per heavy atom. The molecular formula is C6H16NPd-3. The van der Waals surface area contributed by atoms with Gasteiger partial charge >= 0.3 is 23.0 Å². The van der Waals surface area contributed by atoms with E-state index in [0.717, 1.165) is 0 Å². The predicted molar refractivity (Wildman–Crippen MR) is 35.8 cm³/mol. The van der Waals surface area contributed by atoms with Crippen LogP contribution < -0.4 is 0 Å². The molecule has 0 atom stereocenters. The molecule has 0 aliphatic carbocycles. The van der Waals surface area contributed by atoms with Crippen molar-refractivity contribution in [2.45, 2.75) is 20.8 Å². The molecule has 0 aromatic rings. The van der Waals surface area contributed by atoms with Gasteiger partial charge in [0, 0.05) is 0 Å². The third-order valence-corrected chi connectivity index (χ3v) is 0. The van der Waals surface area contributed by atoms with Crippen molar-refractivity contribution in [2.24, 2.45) is 0 Å². The first-order chi connectivity index (χ1) is 4.00. The molecule has 0 aromatic heterocycles. The Morgan fingerprint density at radius 1 is 0.750 bits per heavy atom. The summed E-state index contributed by atoms with van der Waals surface area (Å²) in [5.41, 5.74) is 0. The van der Waals surface area contributed by atoms with Gasteiger partial charge in [0.2, 0.25) is 0 Å². The Hall–Kier alpha value is 0.462. The summed E-state index contributed by atoms with van der Waals surface area (Å²) in [5.74, 6) is 0. The standard InChI is InChI=1S/3C2H5.HN.Pd/c3*1-2;;/h3*1H2,2H3;1H;/q3*-1;;. The van der Waals surface area contributed by atoms with Crippen LogP contribution in [0.1, 0.15) is 20.8 Å². The quantitative estimate of drug-likeness (QED) is 0.468. The molecule has 0 aromatic carbocycles. The Kier molecular flexibility index (Phi) is 4310. The van der Waals surface area contributed by atoms with Crippen molar-refractivity contribution in [2.75, 3.05) is 0 Å². The minimum atomic E-state index is 1.75. The summed E-state index contributed by atoms with van der Waals surface area (Å²) in [6.45, 7) is 15.0. The first kappa shape index (κ1) is 23.7. The molecule has 0 radical (unpaired) electrons. The molecule has 0 aliphatic rings. The summed E-state index contributed by atoms with van der Waals surface area (Å²) >= 11 is 2.00. The van der Waals surface area contributed by atoms with E-state index in [2.05, 4.69) is 20.8 Å². The second-order valence-corrected chi connectivity index (χ2v) is 0. The van der Waals surface area contributed by atoms with Crippen LogP contribution in [0.15, 0.2) is 0 Å². The zero-order chi connectivity index (χ0) is 8.00. The molecule has 0 saturated carbocycles. The van der Waals surface area contributed by atoms with Crippen LogP contribution in [0.25, 0.3) is 0 Å². The van der Waals surface area contributed by atoms with E-state index in [-0.39, 0.29) is 0 Å². The fourth-order valence-corrected chi connectivity index (χ4v) is 0. The summed E-state index contributed by atoms with van der Waals surface area (Å²) in [5, 5.41) is 0. The van der Waals surface area contributed by atoms with Gasteiger partial charge in [-0.15, -0.1) is 0 Å². The van der Waals surface area contributed by atoms with Crippen molar-refractivity contribution < 1.29 is 19.0 Å². The van der Waals surface area contributed by atoms with E-state index >= 15 is 0 Å². The second kappa shape index (κ2) is 1460. The fraction of sp³-hybridized carbons (Fsp3) is 0.500. The van der Waals surface area contributed by atoms with Gasteiger partial charge < -0.3 is 20.8 Å². The average Bonchev–Trinajstić information content (AvgIpc) is 2.03. The van der Waals surface area contributed by atoms with Crippen LogP contribution >= 0.6 is 0 Å². The summed E-state index contributed by atoms with van der Waals surface area (Å²) in [7, 11) is 0. The molecule has 0 saturated heterocycles. The Balaban J connectivity index is -0.0000000133. The van der Waals surface area contributed by atoms with Gasteiger partial charge in [-0.05, 0) is 0 Å². The van der Waals surface area contributed by atoms with Crippen LogP contribution in [0.3, 0.4) is 0 Å². The van der Waals surface area contributed by atoms with Gasteiger partial charge in [0.15, 0.2) is 0 Å².